The van der Waals surface area contributed by atoms with E-state index < -0.39 is 42.6 Å². The van der Waals surface area contributed by atoms with Crippen LogP contribution in [0.5, 0.6) is 5.75 Å². The first-order valence-corrected chi connectivity index (χ1v) is 8.05. The first-order valence-electron chi connectivity index (χ1n) is 8.05. The van der Waals surface area contributed by atoms with E-state index in [9.17, 15) is 31.9 Å². The average Bonchev–Trinajstić information content (AvgIpc) is 2.99. The number of aryl methyl sites for hydroxylation is 1. The van der Waals surface area contributed by atoms with E-state index in [0.717, 1.165) is 10.8 Å². The Labute approximate surface area is 156 Å². The number of rotatable bonds is 7. The van der Waals surface area contributed by atoms with Crippen LogP contribution in [0.1, 0.15) is 30.8 Å². The molecule has 0 saturated heterocycles. The molecule has 2 unspecified atom stereocenters. The summed E-state index contributed by atoms with van der Waals surface area (Å²) < 4.78 is 70.2. The number of aromatic nitrogens is 2. The van der Waals surface area contributed by atoms with Crippen molar-refractivity contribution in [2.45, 2.75) is 37.8 Å². The molecule has 28 heavy (non-hydrogen) atoms. The Balaban J connectivity index is 2.16. The number of hydrogen-bond donors (Lipinski definition) is 2. The minimum absolute atomic E-state index is 0.159. The summed E-state index contributed by atoms with van der Waals surface area (Å²) >= 11 is 0. The molecule has 0 aliphatic rings. The van der Waals surface area contributed by atoms with Gasteiger partial charge >= 0.3 is 12.8 Å². The molecule has 0 saturated carbocycles. The fraction of sp³-hybridized carbons (Fsp3) is 0.412. The number of imidazole rings is 1. The monoisotopic (exact) mass is 407 g/mol. The SMILES string of the molecule is CC(NC(=O)CC(O)(c1nccn1C)C(F)(F)F)c1cccc(OC(F)F)c1. The van der Waals surface area contributed by atoms with Gasteiger partial charge in [0.1, 0.15) is 5.75 Å². The third-order valence-corrected chi connectivity index (χ3v) is 4.04. The summed E-state index contributed by atoms with van der Waals surface area (Å²) in [5.41, 5.74) is -3.16. The molecule has 0 radical (unpaired) electrons. The quantitative estimate of drug-likeness (QED) is 0.692. The number of carbonyl (C=O) groups is 1. The smallest absolute Gasteiger partial charge is 0.425 e. The first kappa shape index (κ1) is 21.6. The van der Waals surface area contributed by atoms with E-state index in [2.05, 4.69) is 15.0 Å². The fourth-order valence-corrected chi connectivity index (χ4v) is 2.64. The standard InChI is InChI=1S/C17H18F5N3O3/c1-10(11-4-3-5-12(8-11)28-15(18)19)24-13(26)9-16(27,17(20,21)22)14-23-6-7-25(14)2/h3-8,10,15,27H,9H2,1-2H3,(H,24,26). The van der Waals surface area contributed by atoms with Crippen molar-refractivity contribution in [3.8, 4) is 5.75 Å². The average molecular weight is 407 g/mol. The Kier molecular flexibility index (Phi) is 6.27. The van der Waals surface area contributed by atoms with Gasteiger partial charge in [0.25, 0.3) is 0 Å². The molecule has 6 nitrogen and oxygen atoms in total. The molecule has 11 heteroatoms. The number of hydrogen-bond acceptors (Lipinski definition) is 4. The second kappa shape index (κ2) is 8.13. The number of aliphatic hydroxyl groups is 1. The highest BCUT2D eigenvalue weighted by atomic mass is 19.4. The molecule has 1 amide bonds. The third kappa shape index (κ3) is 4.77. The van der Waals surface area contributed by atoms with Gasteiger partial charge in [0.05, 0.1) is 12.5 Å². The van der Waals surface area contributed by atoms with Gasteiger partial charge < -0.3 is 19.7 Å². The van der Waals surface area contributed by atoms with Crippen molar-refractivity contribution in [1.82, 2.24) is 14.9 Å². The van der Waals surface area contributed by atoms with Crippen molar-refractivity contribution in [3.63, 3.8) is 0 Å². The van der Waals surface area contributed by atoms with E-state index in [1.807, 2.05) is 0 Å². The lowest BCUT2D eigenvalue weighted by Gasteiger charge is -2.29. The number of benzene rings is 1. The van der Waals surface area contributed by atoms with E-state index in [-0.39, 0.29) is 5.75 Å². The number of halogens is 5. The lowest BCUT2D eigenvalue weighted by atomic mass is 9.96. The zero-order valence-electron chi connectivity index (χ0n) is 14.9. The Bertz CT molecular complexity index is 824. The van der Waals surface area contributed by atoms with Crippen LogP contribution in [0.2, 0.25) is 0 Å². The van der Waals surface area contributed by atoms with Gasteiger partial charge in [-0.3, -0.25) is 4.79 Å². The van der Waals surface area contributed by atoms with E-state index in [1.165, 1.54) is 44.4 Å². The van der Waals surface area contributed by atoms with Gasteiger partial charge in [-0.15, -0.1) is 0 Å². The largest absolute Gasteiger partial charge is 0.435 e. The van der Waals surface area contributed by atoms with E-state index in [0.29, 0.717) is 5.56 Å². The van der Waals surface area contributed by atoms with Gasteiger partial charge in [-0.05, 0) is 24.6 Å². The number of alkyl halides is 5. The molecule has 2 atom stereocenters. The van der Waals surface area contributed by atoms with E-state index in [4.69, 9.17) is 0 Å². The number of nitrogens with one attached hydrogen (secondary N) is 1. The number of amides is 1. The van der Waals surface area contributed by atoms with Crippen LogP contribution in [-0.2, 0) is 17.4 Å². The van der Waals surface area contributed by atoms with Crippen LogP contribution in [0.3, 0.4) is 0 Å². The fourth-order valence-electron chi connectivity index (χ4n) is 2.64. The highest BCUT2D eigenvalue weighted by Gasteiger charge is 2.58. The lowest BCUT2D eigenvalue weighted by molar-refractivity contribution is -0.271. The molecule has 0 bridgehead atoms. The van der Waals surface area contributed by atoms with Crippen molar-refractivity contribution in [1.29, 1.82) is 0 Å². The molecule has 1 heterocycles. The van der Waals surface area contributed by atoms with Gasteiger partial charge in [0.2, 0.25) is 11.5 Å². The molecular weight excluding hydrogens is 389 g/mol. The minimum atomic E-state index is -5.16. The van der Waals surface area contributed by atoms with Gasteiger partial charge in [0.15, 0.2) is 5.82 Å². The maximum absolute atomic E-state index is 13.5. The highest BCUT2D eigenvalue weighted by molar-refractivity contribution is 5.77. The van der Waals surface area contributed by atoms with E-state index in [1.54, 1.807) is 0 Å². The van der Waals surface area contributed by atoms with Gasteiger partial charge in [0, 0.05) is 19.4 Å². The molecular formula is C17H18F5N3O3. The summed E-state index contributed by atoms with van der Waals surface area (Å²) in [5.74, 6) is -1.99. The number of ether oxygens (including phenoxy) is 1. The summed E-state index contributed by atoms with van der Waals surface area (Å²) in [6.07, 6.45) is -4.20. The van der Waals surface area contributed by atoms with Crippen LogP contribution in [-0.4, -0.2) is 33.4 Å². The molecule has 2 rings (SSSR count). The summed E-state index contributed by atoms with van der Waals surface area (Å²) in [6.45, 7) is -1.59. The number of carbonyl (C=O) groups excluding carboxylic acids is 1. The molecule has 0 fully saturated rings. The molecule has 0 aliphatic carbocycles. The van der Waals surface area contributed by atoms with Crippen LogP contribution >= 0.6 is 0 Å². The predicted octanol–water partition coefficient (Wildman–Crippen LogP) is 3.04. The molecule has 154 valence electrons. The molecule has 1 aromatic heterocycles. The van der Waals surface area contributed by atoms with Crippen molar-refractivity contribution in [2.24, 2.45) is 7.05 Å². The topological polar surface area (TPSA) is 76.4 Å². The number of nitrogens with zero attached hydrogens (tertiary/aromatic N) is 2. The van der Waals surface area contributed by atoms with E-state index >= 15 is 0 Å². The maximum atomic E-state index is 13.5. The lowest BCUT2D eigenvalue weighted by Crippen LogP contribution is -2.48. The second-order valence-corrected chi connectivity index (χ2v) is 6.14. The Morgan fingerprint density at radius 3 is 2.57 bits per heavy atom. The predicted molar refractivity (Wildman–Crippen MR) is 87.4 cm³/mol. The first-order chi connectivity index (χ1) is 12.9. The Morgan fingerprint density at radius 1 is 1.36 bits per heavy atom. The molecule has 1 aromatic carbocycles. The van der Waals surface area contributed by atoms with Gasteiger partial charge in [-0.25, -0.2) is 4.98 Å². The zero-order valence-corrected chi connectivity index (χ0v) is 14.9. The molecule has 0 aliphatic heterocycles. The van der Waals surface area contributed by atoms with Crippen molar-refractivity contribution in [3.05, 3.63) is 48.0 Å². The van der Waals surface area contributed by atoms with Gasteiger partial charge in [-0.2, -0.15) is 22.0 Å². The Hall–Kier alpha value is -2.69. The van der Waals surface area contributed by atoms with Crippen molar-refractivity contribution in [2.75, 3.05) is 0 Å². The highest BCUT2D eigenvalue weighted by Crippen LogP contribution is 2.40. The zero-order chi connectivity index (χ0) is 21.1. The normalized spacial score (nSPS) is 15.2. The maximum Gasteiger partial charge on any atom is 0.425 e. The molecule has 0 spiro atoms. The summed E-state index contributed by atoms with van der Waals surface area (Å²) in [4.78, 5) is 15.7. The van der Waals surface area contributed by atoms with Crippen LogP contribution in [0.25, 0.3) is 0 Å². The van der Waals surface area contributed by atoms with Crippen molar-refractivity contribution >= 4 is 5.91 Å². The van der Waals surface area contributed by atoms with Crippen LogP contribution in [0.4, 0.5) is 22.0 Å². The Morgan fingerprint density at radius 2 is 2.04 bits per heavy atom. The second-order valence-electron chi connectivity index (χ2n) is 6.14. The van der Waals surface area contributed by atoms with Crippen LogP contribution in [0.15, 0.2) is 36.7 Å². The van der Waals surface area contributed by atoms with Crippen LogP contribution in [0, 0.1) is 0 Å². The molecule has 2 N–H and O–H groups in total. The molecule has 2 aromatic rings. The summed E-state index contributed by atoms with van der Waals surface area (Å²) in [5, 5.41) is 12.5. The van der Waals surface area contributed by atoms with Crippen LogP contribution < -0.4 is 10.1 Å². The minimum Gasteiger partial charge on any atom is -0.435 e. The van der Waals surface area contributed by atoms with Gasteiger partial charge in [-0.1, -0.05) is 12.1 Å². The third-order valence-electron chi connectivity index (χ3n) is 4.04. The summed E-state index contributed by atoms with van der Waals surface area (Å²) in [6, 6.07) is 4.56. The summed E-state index contributed by atoms with van der Waals surface area (Å²) in [7, 11) is 1.26. The van der Waals surface area contributed by atoms with Crippen molar-refractivity contribution < 1.29 is 36.6 Å².